The molecule has 5 nitrogen and oxygen atoms in total. The fourth-order valence-electron chi connectivity index (χ4n) is 1.50. The predicted octanol–water partition coefficient (Wildman–Crippen LogP) is 2.01. The van der Waals surface area contributed by atoms with Crippen molar-refractivity contribution in [1.29, 1.82) is 0 Å². The quantitative estimate of drug-likeness (QED) is 0.620. The minimum atomic E-state index is -2.67. The topological polar surface area (TPSA) is 77.0 Å². The highest BCUT2D eigenvalue weighted by molar-refractivity contribution is 5.90. The molecule has 0 saturated heterocycles. The number of aryl methyl sites for hydroxylation is 1. The van der Waals surface area contributed by atoms with E-state index in [9.17, 15) is 8.78 Å². The number of nitrogens with two attached hydrogens (primary N) is 1. The largest absolute Gasteiger partial charge is 0.335 e. The maximum atomic E-state index is 12.5. The Morgan fingerprint density at radius 1 is 1.56 bits per heavy atom. The molecule has 0 amide bonds. The van der Waals surface area contributed by atoms with E-state index >= 15 is 0 Å². The number of alkyl halides is 2. The fourth-order valence-corrected chi connectivity index (χ4v) is 1.50. The molecule has 0 aromatic carbocycles. The fraction of sp³-hybridized carbons (Fsp3) is 0.333. The van der Waals surface area contributed by atoms with Crippen LogP contribution in [0.15, 0.2) is 10.6 Å². The third-order valence-electron chi connectivity index (χ3n) is 2.25. The lowest BCUT2D eigenvalue weighted by atomic mass is 10.2. The molecule has 2 heterocycles. The number of nitrogen functional groups attached to an aromatic ring is 1. The molecule has 2 aromatic heterocycles. The first-order valence-corrected chi connectivity index (χ1v) is 4.71. The molecule has 86 valence electrons. The number of halogens is 2. The molecule has 0 atom stereocenters. The lowest BCUT2D eigenvalue weighted by molar-refractivity contribution is 0.146. The van der Waals surface area contributed by atoms with Gasteiger partial charge in [0, 0.05) is 0 Å². The van der Waals surface area contributed by atoms with Gasteiger partial charge in [-0.3, -0.25) is 5.84 Å². The summed E-state index contributed by atoms with van der Waals surface area (Å²) in [6.07, 6.45) is -2.07. The Bertz CT molecular complexity index is 511. The number of aromatic nitrogens is 2. The zero-order chi connectivity index (χ0) is 11.7. The highest BCUT2D eigenvalue weighted by atomic mass is 19.3. The van der Waals surface area contributed by atoms with Crippen molar-refractivity contribution in [2.45, 2.75) is 19.8 Å². The number of fused-ring (bicyclic) bond motifs is 1. The summed E-state index contributed by atoms with van der Waals surface area (Å²) in [5.41, 5.74) is 3.02. The molecule has 2 rings (SSSR count). The van der Waals surface area contributed by atoms with Gasteiger partial charge in [0.25, 0.3) is 12.1 Å². The van der Waals surface area contributed by atoms with Crippen molar-refractivity contribution in [3.63, 3.8) is 0 Å². The molecular formula is C9H10F2N4O. The van der Waals surface area contributed by atoms with Gasteiger partial charge in [0.15, 0.2) is 0 Å². The Morgan fingerprint density at radius 3 is 2.88 bits per heavy atom. The number of hydrogen-bond acceptors (Lipinski definition) is 5. The number of hydrazine groups is 1. The first-order chi connectivity index (χ1) is 7.67. The van der Waals surface area contributed by atoms with Crippen LogP contribution in [0, 0.1) is 0 Å². The van der Waals surface area contributed by atoms with Crippen molar-refractivity contribution in [2.75, 3.05) is 5.43 Å². The second kappa shape index (κ2) is 4.01. The molecule has 0 radical (unpaired) electrons. The number of nitrogens with zero attached hydrogens (tertiary/aromatic N) is 2. The van der Waals surface area contributed by atoms with Crippen LogP contribution < -0.4 is 11.3 Å². The molecule has 0 aliphatic heterocycles. The standard InChI is InChI=1S/C9H10F2N4O/c1-2-4-7-5(14-12)3-6(8(10)11)13-9(7)16-15-4/h3,8H,2,12H2,1H3,(H,13,14). The molecule has 3 N–H and O–H groups in total. The summed E-state index contributed by atoms with van der Waals surface area (Å²) in [5, 5.41) is 4.30. The Morgan fingerprint density at radius 2 is 2.31 bits per heavy atom. The average molecular weight is 228 g/mol. The van der Waals surface area contributed by atoms with Gasteiger partial charge in [0.05, 0.1) is 16.8 Å². The van der Waals surface area contributed by atoms with E-state index in [0.717, 1.165) is 0 Å². The summed E-state index contributed by atoms with van der Waals surface area (Å²) in [6.45, 7) is 1.87. The van der Waals surface area contributed by atoms with Crippen LogP contribution in [0.25, 0.3) is 11.1 Å². The lowest BCUT2D eigenvalue weighted by Gasteiger charge is -2.04. The Hall–Kier alpha value is -1.76. The van der Waals surface area contributed by atoms with E-state index in [4.69, 9.17) is 10.4 Å². The number of pyridine rings is 1. The summed E-state index contributed by atoms with van der Waals surface area (Å²) in [5.74, 6) is 5.28. The summed E-state index contributed by atoms with van der Waals surface area (Å²) >= 11 is 0. The van der Waals surface area contributed by atoms with Gasteiger partial charge in [0.2, 0.25) is 0 Å². The first kappa shape index (κ1) is 10.7. The highest BCUT2D eigenvalue weighted by Gasteiger charge is 2.18. The second-order valence-electron chi connectivity index (χ2n) is 3.20. The van der Waals surface area contributed by atoms with E-state index in [-0.39, 0.29) is 11.4 Å². The van der Waals surface area contributed by atoms with E-state index in [2.05, 4.69) is 15.6 Å². The van der Waals surface area contributed by atoms with Gasteiger partial charge in [0.1, 0.15) is 5.69 Å². The van der Waals surface area contributed by atoms with Gasteiger partial charge in [-0.15, -0.1) is 0 Å². The van der Waals surface area contributed by atoms with Crippen LogP contribution >= 0.6 is 0 Å². The number of nitrogens with one attached hydrogen (secondary N) is 1. The zero-order valence-electron chi connectivity index (χ0n) is 8.50. The summed E-state index contributed by atoms with van der Waals surface area (Å²) < 4.78 is 29.9. The molecule has 0 bridgehead atoms. The van der Waals surface area contributed by atoms with Crippen molar-refractivity contribution < 1.29 is 13.3 Å². The van der Waals surface area contributed by atoms with E-state index < -0.39 is 6.43 Å². The van der Waals surface area contributed by atoms with Crippen LogP contribution in [0.2, 0.25) is 0 Å². The van der Waals surface area contributed by atoms with E-state index in [1.54, 1.807) is 0 Å². The van der Waals surface area contributed by atoms with Gasteiger partial charge >= 0.3 is 0 Å². The molecule has 7 heteroatoms. The van der Waals surface area contributed by atoms with E-state index in [1.807, 2.05) is 6.92 Å². The van der Waals surface area contributed by atoms with Gasteiger partial charge in [-0.25, -0.2) is 13.8 Å². The summed E-state index contributed by atoms with van der Waals surface area (Å²) in [4.78, 5) is 3.68. The van der Waals surface area contributed by atoms with Crippen LogP contribution in [0.5, 0.6) is 0 Å². The van der Waals surface area contributed by atoms with Gasteiger partial charge in [-0.2, -0.15) is 0 Å². The smallest absolute Gasteiger partial charge is 0.280 e. The SMILES string of the molecule is CCc1noc2nc(C(F)F)cc(NN)c12. The molecule has 0 aliphatic carbocycles. The molecule has 0 saturated carbocycles. The zero-order valence-corrected chi connectivity index (χ0v) is 8.50. The van der Waals surface area contributed by atoms with Crippen LogP contribution in [0.4, 0.5) is 14.5 Å². The van der Waals surface area contributed by atoms with E-state index in [0.29, 0.717) is 23.2 Å². The molecule has 0 fully saturated rings. The van der Waals surface area contributed by atoms with Crippen molar-refractivity contribution in [3.8, 4) is 0 Å². The summed E-state index contributed by atoms with van der Waals surface area (Å²) in [7, 11) is 0. The Kier molecular flexibility index (Phi) is 2.69. The minimum absolute atomic E-state index is 0.0719. The third-order valence-corrected chi connectivity index (χ3v) is 2.25. The molecule has 0 aliphatic rings. The first-order valence-electron chi connectivity index (χ1n) is 4.71. The molecule has 0 unspecified atom stereocenters. The molecular weight excluding hydrogens is 218 g/mol. The van der Waals surface area contributed by atoms with E-state index in [1.165, 1.54) is 6.07 Å². The maximum absolute atomic E-state index is 12.5. The third kappa shape index (κ3) is 1.58. The monoisotopic (exact) mass is 228 g/mol. The van der Waals surface area contributed by atoms with Crippen LogP contribution in [0.3, 0.4) is 0 Å². The Balaban J connectivity index is 2.70. The lowest BCUT2D eigenvalue weighted by Crippen LogP contribution is -2.08. The Labute approximate surface area is 89.6 Å². The number of rotatable bonds is 3. The van der Waals surface area contributed by atoms with Crippen LogP contribution in [-0.2, 0) is 6.42 Å². The normalized spacial score (nSPS) is 11.3. The van der Waals surface area contributed by atoms with Crippen LogP contribution in [-0.4, -0.2) is 10.1 Å². The van der Waals surface area contributed by atoms with Gasteiger partial charge < -0.3 is 9.95 Å². The second-order valence-corrected chi connectivity index (χ2v) is 3.20. The van der Waals surface area contributed by atoms with Crippen molar-refractivity contribution in [3.05, 3.63) is 17.5 Å². The van der Waals surface area contributed by atoms with Crippen molar-refractivity contribution in [1.82, 2.24) is 10.1 Å². The average Bonchev–Trinajstić information content (AvgIpc) is 2.70. The highest BCUT2D eigenvalue weighted by Crippen LogP contribution is 2.29. The van der Waals surface area contributed by atoms with Gasteiger partial charge in [-0.1, -0.05) is 12.1 Å². The maximum Gasteiger partial charge on any atom is 0.280 e. The van der Waals surface area contributed by atoms with Crippen molar-refractivity contribution >= 4 is 16.8 Å². The minimum Gasteiger partial charge on any atom is -0.335 e. The number of hydrogen-bond donors (Lipinski definition) is 2. The van der Waals surface area contributed by atoms with Crippen molar-refractivity contribution in [2.24, 2.45) is 5.84 Å². The van der Waals surface area contributed by atoms with Gasteiger partial charge in [-0.05, 0) is 12.5 Å². The van der Waals surface area contributed by atoms with Crippen LogP contribution in [0.1, 0.15) is 24.7 Å². The summed E-state index contributed by atoms with van der Waals surface area (Å²) in [6, 6.07) is 1.20. The molecule has 0 spiro atoms. The molecule has 16 heavy (non-hydrogen) atoms. The molecule has 2 aromatic rings. The number of anilines is 1. The predicted molar refractivity (Wildman–Crippen MR) is 53.9 cm³/mol.